The van der Waals surface area contributed by atoms with Crippen LogP contribution < -0.4 is 0 Å². The summed E-state index contributed by atoms with van der Waals surface area (Å²) in [5.41, 5.74) is -0.243. The van der Waals surface area contributed by atoms with Gasteiger partial charge in [0.1, 0.15) is 0 Å². The van der Waals surface area contributed by atoms with E-state index in [0.29, 0.717) is 72.9 Å². The third-order valence-electron chi connectivity index (χ3n) is 9.01. The predicted octanol–water partition coefficient (Wildman–Crippen LogP) is 9.65. The number of benzene rings is 2. The van der Waals surface area contributed by atoms with Gasteiger partial charge in [0.15, 0.2) is 0 Å². The van der Waals surface area contributed by atoms with Gasteiger partial charge in [-0.05, 0) is 116 Å². The first-order chi connectivity index (χ1) is 22.9. The Morgan fingerprint density at radius 2 is 1.04 bits per heavy atom. The lowest BCUT2D eigenvalue weighted by atomic mass is 9.78. The summed E-state index contributed by atoms with van der Waals surface area (Å²) in [6, 6.07) is 9.43. The number of ether oxygens (including phenoxy) is 3. The highest BCUT2D eigenvalue weighted by atomic mass is 35.5. The highest BCUT2D eigenvalue weighted by molar-refractivity contribution is 6.31. The molecule has 2 rings (SSSR count). The Labute approximate surface area is 299 Å². The molecule has 0 radical (unpaired) electrons. The van der Waals surface area contributed by atoms with Crippen molar-refractivity contribution in [2.45, 2.75) is 117 Å². The van der Waals surface area contributed by atoms with E-state index in [4.69, 9.17) is 37.4 Å². The first kappa shape index (κ1) is 41.9. The number of hydrogen-bond donors (Lipinski definition) is 0. The first-order valence-corrected chi connectivity index (χ1v) is 17.5. The maximum absolute atomic E-state index is 11.8. The van der Waals surface area contributed by atoms with Gasteiger partial charge in [0.05, 0.1) is 34.3 Å². The largest absolute Gasteiger partial charge is 0.466 e. The van der Waals surface area contributed by atoms with Crippen LogP contribution in [0, 0.1) is 32.1 Å². The van der Waals surface area contributed by atoms with E-state index in [2.05, 4.69) is 0 Å². The summed E-state index contributed by atoms with van der Waals surface area (Å²) in [5, 5.41) is 24.2. The minimum Gasteiger partial charge on any atom is -0.466 e. The molecule has 11 nitrogen and oxygen atoms in total. The van der Waals surface area contributed by atoms with Crippen molar-refractivity contribution in [1.29, 1.82) is 0 Å². The molecule has 0 heterocycles. The van der Waals surface area contributed by atoms with E-state index in [9.17, 15) is 29.8 Å². The lowest BCUT2D eigenvalue weighted by molar-refractivity contribution is -0.385. The van der Waals surface area contributed by atoms with E-state index < -0.39 is 21.0 Å². The Hall–Kier alpha value is -3.28. The quantitative estimate of drug-likeness (QED) is 0.0501. The van der Waals surface area contributed by atoms with Crippen molar-refractivity contribution in [2.75, 3.05) is 13.2 Å². The molecule has 0 aliphatic heterocycles. The van der Waals surface area contributed by atoms with Crippen molar-refractivity contribution >= 4 is 46.5 Å². The van der Waals surface area contributed by atoms with Crippen LogP contribution in [0.4, 0.5) is 11.4 Å². The van der Waals surface area contributed by atoms with Gasteiger partial charge in [0, 0.05) is 47.2 Å². The van der Waals surface area contributed by atoms with Crippen molar-refractivity contribution in [1.82, 2.24) is 0 Å². The Kier molecular flexibility index (Phi) is 16.9. The number of hydrogen-bond acceptors (Lipinski definition) is 9. The second-order valence-corrected chi connectivity index (χ2v) is 14.4. The molecular formula is C36H50Cl2N2O9. The Balaban J connectivity index is 2.33. The number of unbranched alkanes of at least 4 members (excludes halogenated alkanes) is 2. The SMILES string of the molecule is CC(=O)OCCCCC(CCc1ccc(Cl)cc1[N+](=O)[O-])C(C)(C)OC(C)(C)C(CCCCOC(C)=O)CCc1ccc(Cl)cc1[N+](=O)[O-]. The molecule has 2 aromatic carbocycles. The lowest BCUT2D eigenvalue weighted by Crippen LogP contribution is -2.46. The third kappa shape index (κ3) is 14.6. The average Bonchev–Trinajstić information content (AvgIpc) is 2.99. The first-order valence-electron chi connectivity index (χ1n) is 16.8. The highest BCUT2D eigenvalue weighted by Gasteiger charge is 2.40. The van der Waals surface area contributed by atoms with Crippen molar-refractivity contribution in [3.8, 4) is 0 Å². The number of nitro benzene ring substituents is 2. The summed E-state index contributed by atoms with van der Waals surface area (Å²) in [6.07, 6.45) is 6.40. The zero-order chi connectivity index (χ0) is 36.8. The van der Waals surface area contributed by atoms with Gasteiger partial charge >= 0.3 is 11.9 Å². The highest BCUT2D eigenvalue weighted by Crippen LogP contribution is 2.40. The van der Waals surface area contributed by atoms with E-state index >= 15 is 0 Å². The Morgan fingerprint density at radius 1 is 0.673 bits per heavy atom. The topological polar surface area (TPSA) is 148 Å². The molecular weight excluding hydrogens is 675 g/mol. The fourth-order valence-corrected chi connectivity index (χ4v) is 6.77. The summed E-state index contributed by atoms with van der Waals surface area (Å²) in [5.74, 6) is -0.720. The number of nitro groups is 2. The number of nitrogens with zero attached hydrogens (tertiary/aromatic N) is 2. The van der Waals surface area contributed by atoms with E-state index in [1.165, 1.54) is 26.0 Å². The van der Waals surface area contributed by atoms with Crippen LogP contribution in [-0.2, 0) is 36.6 Å². The second-order valence-electron chi connectivity index (χ2n) is 13.5. The molecule has 0 spiro atoms. The molecule has 0 aliphatic carbocycles. The van der Waals surface area contributed by atoms with Gasteiger partial charge in [-0.15, -0.1) is 0 Å². The molecule has 0 aliphatic rings. The van der Waals surface area contributed by atoms with Crippen molar-refractivity contribution in [3.05, 3.63) is 77.8 Å². The van der Waals surface area contributed by atoms with Gasteiger partial charge in [-0.2, -0.15) is 0 Å². The third-order valence-corrected chi connectivity index (χ3v) is 9.48. The molecule has 13 heteroatoms. The normalized spacial score (nSPS) is 13.1. The molecule has 0 bridgehead atoms. The van der Waals surface area contributed by atoms with Gasteiger partial charge in [-0.25, -0.2) is 0 Å². The van der Waals surface area contributed by atoms with Crippen molar-refractivity contribution in [2.24, 2.45) is 11.8 Å². The molecule has 49 heavy (non-hydrogen) atoms. The smallest absolute Gasteiger partial charge is 0.302 e. The Morgan fingerprint density at radius 3 is 1.37 bits per heavy atom. The molecule has 0 aromatic heterocycles. The molecule has 0 fully saturated rings. The van der Waals surface area contributed by atoms with Gasteiger partial charge in [-0.3, -0.25) is 29.8 Å². The molecule has 2 unspecified atom stereocenters. The van der Waals surface area contributed by atoms with Gasteiger partial charge in [0.2, 0.25) is 0 Å². The van der Waals surface area contributed by atoms with Crippen LogP contribution >= 0.6 is 23.2 Å². The monoisotopic (exact) mass is 724 g/mol. The fourth-order valence-electron chi connectivity index (χ4n) is 6.44. The van der Waals surface area contributed by atoms with Gasteiger partial charge < -0.3 is 14.2 Å². The molecule has 2 aromatic rings. The predicted molar refractivity (Wildman–Crippen MR) is 190 cm³/mol. The zero-order valence-corrected chi connectivity index (χ0v) is 30.9. The average molecular weight is 726 g/mol. The minimum atomic E-state index is -0.686. The molecule has 0 amide bonds. The molecule has 0 saturated heterocycles. The fraction of sp³-hybridized carbons (Fsp3) is 0.611. The standard InChI is InChI=1S/C36H50Cl2N2O9/c1-25(41)47-21-9-7-11-29(17-13-27-15-19-31(37)23-33(27)39(43)44)35(3,4)49-36(5,6)30(12-8-10-22-48-26(2)42)18-14-28-16-20-32(38)24-34(28)40(45)46/h15-16,19-20,23-24,29-30H,7-14,17-18,21-22H2,1-6H3. The molecule has 272 valence electrons. The number of carbonyl (C=O) groups excluding carboxylic acids is 2. The van der Waals surface area contributed by atoms with E-state index in [1.807, 2.05) is 27.7 Å². The van der Waals surface area contributed by atoms with Gasteiger partial charge in [0.25, 0.3) is 11.4 Å². The van der Waals surface area contributed by atoms with Crippen LogP contribution in [0.25, 0.3) is 0 Å². The molecule has 0 N–H and O–H groups in total. The van der Waals surface area contributed by atoms with Crippen LogP contribution in [-0.4, -0.2) is 46.2 Å². The second kappa shape index (κ2) is 19.8. The number of carbonyl (C=O) groups is 2. The number of halogens is 2. The summed E-state index contributed by atoms with van der Waals surface area (Å²) in [7, 11) is 0. The van der Waals surface area contributed by atoms with E-state index in [0.717, 1.165) is 25.7 Å². The number of rotatable bonds is 22. The van der Waals surface area contributed by atoms with E-state index in [1.54, 1.807) is 24.3 Å². The number of esters is 2. The Bertz CT molecular complexity index is 1330. The van der Waals surface area contributed by atoms with Crippen LogP contribution in [0.5, 0.6) is 0 Å². The van der Waals surface area contributed by atoms with E-state index in [-0.39, 0.29) is 35.1 Å². The van der Waals surface area contributed by atoms with Crippen molar-refractivity contribution < 1.29 is 33.6 Å². The summed E-state index contributed by atoms with van der Waals surface area (Å²) in [6.45, 7) is 11.5. The summed E-state index contributed by atoms with van der Waals surface area (Å²) >= 11 is 12.1. The maximum atomic E-state index is 11.8. The number of aryl methyl sites for hydroxylation is 2. The van der Waals surface area contributed by atoms with Crippen LogP contribution in [0.15, 0.2) is 36.4 Å². The maximum Gasteiger partial charge on any atom is 0.302 e. The van der Waals surface area contributed by atoms with Crippen LogP contribution in [0.2, 0.25) is 10.0 Å². The minimum absolute atomic E-state index is 0.0229. The van der Waals surface area contributed by atoms with Crippen LogP contribution in [0.3, 0.4) is 0 Å². The molecule has 0 saturated carbocycles. The summed E-state index contributed by atoms with van der Waals surface area (Å²) < 4.78 is 17.3. The zero-order valence-electron chi connectivity index (χ0n) is 29.4. The van der Waals surface area contributed by atoms with Crippen LogP contribution in [0.1, 0.15) is 104 Å². The van der Waals surface area contributed by atoms with Crippen molar-refractivity contribution in [3.63, 3.8) is 0 Å². The molecule has 2 atom stereocenters. The lowest BCUT2D eigenvalue weighted by Gasteiger charge is -2.45. The van der Waals surface area contributed by atoms with Gasteiger partial charge in [-0.1, -0.05) is 35.3 Å². The summed E-state index contributed by atoms with van der Waals surface area (Å²) in [4.78, 5) is 45.3.